The quantitative estimate of drug-likeness (QED) is 0.545. The third-order valence-corrected chi connectivity index (χ3v) is 4.75. The van der Waals surface area contributed by atoms with Crippen LogP contribution >= 0.6 is 0 Å². The highest BCUT2D eigenvalue weighted by atomic mass is 16.5. The molecule has 2 aromatic carbocycles. The van der Waals surface area contributed by atoms with E-state index < -0.39 is 0 Å². The Hall–Kier alpha value is -3.08. The van der Waals surface area contributed by atoms with E-state index in [9.17, 15) is 9.59 Å². The van der Waals surface area contributed by atoms with Gasteiger partial charge in [0.05, 0.1) is 6.04 Å². The van der Waals surface area contributed by atoms with Gasteiger partial charge in [-0.25, -0.2) is 0 Å². The molecule has 0 aliphatic heterocycles. The van der Waals surface area contributed by atoms with Crippen LogP contribution in [0.25, 0.3) is 10.9 Å². The Labute approximate surface area is 165 Å². The lowest BCUT2D eigenvalue weighted by molar-refractivity contribution is -0.148. The van der Waals surface area contributed by atoms with E-state index in [0.29, 0.717) is 6.42 Å². The first-order chi connectivity index (χ1) is 13.7. The molecule has 0 fully saturated rings. The number of ether oxygens (including phenoxy) is 1. The molecular weight excluding hydrogens is 352 g/mol. The van der Waals surface area contributed by atoms with Gasteiger partial charge >= 0.3 is 5.97 Å². The summed E-state index contributed by atoms with van der Waals surface area (Å²) in [6.45, 7) is 1.83. The minimum absolute atomic E-state index is 0.0661. The van der Waals surface area contributed by atoms with Gasteiger partial charge in [-0.2, -0.15) is 0 Å². The van der Waals surface area contributed by atoms with Crippen LogP contribution in [0.15, 0.2) is 60.8 Å². The van der Waals surface area contributed by atoms with Gasteiger partial charge in [0.2, 0.25) is 0 Å². The van der Waals surface area contributed by atoms with Crippen molar-refractivity contribution in [2.75, 3.05) is 6.61 Å². The first-order valence-electron chi connectivity index (χ1n) is 9.72. The first kappa shape index (κ1) is 19.7. The average Bonchev–Trinajstić information content (AvgIpc) is 3.14. The largest absolute Gasteiger partial charge is 0.456 e. The smallest absolute Gasteiger partial charge is 0.306 e. The van der Waals surface area contributed by atoms with Crippen molar-refractivity contribution in [2.24, 2.45) is 0 Å². The maximum absolute atomic E-state index is 12.2. The molecule has 28 heavy (non-hydrogen) atoms. The maximum atomic E-state index is 12.2. The van der Waals surface area contributed by atoms with Gasteiger partial charge in [-0.3, -0.25) is 9.59 Å². The number of carbonyl (C=O) groups is 2. The van der Waals surface area contributed by atoms with E-state index in [1.807, 2.05) is 60.8 Å². The zero-order chi connectivity index (χ0) is 19.8. The molecular formula is C23H26N2O3. The van der Waals surface area contributed by atoms with Crippen LogP contribution in [0.1, 0.15) is 43.4 Å². The van der Waals surface area contributed by atoms with Crippen LogP contribution in [0.3, 0.4) is 0 Å². The molecule has 1 amide bonds. The topological polar surface area (TPSA) is 71.2 Å². The van der Waals surface area contributed by atoms with Gasteiger partial charge in [0.15, 0.2) is 6.61 Å². The van der Waals surface area contributed by atoms with E-state index in [1.165, 1.54) is 0 Å². The molecule has 0 aliphatic rings. The summed E-state index contributed by atoms with van der Waals surface area (Å²) >= 11 is 0. The molecule has 1 unspecified atom stereocenters. The van der Waals surface area contributed by atoms with Crippen molar-refractivity contribution in [2.45, 2.75) is 38.6 Å². The zero-order valence-corrected chi connectivity index (χ0v) is 16.1. The summed E-state index contributed by atoms with van der Waals surface area (Å²) in [6, 6.07) is 17.7. The van der Waals surface area contributed by atoms with E-state index in [1.54, 1.807) is 0 Å². The van der Waals surface area contributed by atoms with Crippen molar-refractivity contribution in [3.63, 3.8) is 0 Å². The van der Waals surface area contributed by atoms with Crippen molar-refractivity contribution in [3.05, 3.63) is 71.9 Å². The van der Waals surface area contributed by atoms with Crippen molar-refractivity contribution in [1.29, 1.82) is 0 Å². The summed E-state index contributed by atoms with van der Waals surface area (Å²) in [5.74, 6) is -0.644. The van der Waals surface area contributed by atoms with Crippen molar-refractivity contribution in [1.82, 2.24) is 10.3 Å². The molecule has 3 rings (SSSR count). The number of fused-ring (bicyclic) bond motifs is 1. The van der Waals surface area contributed by atoms with E-state index in [-0.39, 0.29) is 30.9 Å². The summed E-state index contributed by atoms with van der Waals surface area (Å²) in [6.07, 6.45) is 4.52. The standard InChI is InChI=1S/C23H26N2O3/c1-2-8-20(17-9-4-3-5-10-17)25-22(26)16-28-23(27)14-13-18-15-24-21-12-7-6-11-19(18)21/h3-7,9-12,15,20,24H,2,8,13-14,16H2,1H3,(H,25,26). The number of hydrogen-bond donors (Lipinski definition) is 2. The third-order valence-electron chi connectivity index (χ3n) is 4.75. The van der Waals surface area contributed by atoms with E-state index in [2.05, 4.69) is 17.2 Å². The lowest BCUT2D eigenvalue weighted by Gasteiger charge is -2.18. The lowest BCUT2D eigenvalue weighted by Crippen LogP contribution is -2.32. The zero-order valence-electron chi connectivity index (χ0n) is 16.1. The normalized spacial score (nSPS) is 11.9. The molecule has 0 saturated carbocycles. The van der Waals surface area contributed by atoms with Gasteiger partial charge < -0.3 is 15.0 Å². The Morgan fingerprint density at radius 3 is 2.61 bits per heavy atom. The number of H-pyrrole nitrogens is 1. The minimum Gasteiger partial charge on any atom is -0.456 e. The second-order valence-electron chi connectivity index (χ2n) is 6.84. The van der Waals surface area contributed by atoms with Crippen LogP contribution in [-0.2, 0) is 20.7 Å². The maximum Gasteiger partial charge on any atom is 0.306 e. The van der Waals surface area contributed by atoms with E-state index in [4.69, 9.17) is 4.74 Å². The van der Waals surface area contributed by atoms with Gasteiger partial charge in [-0.05, 0) is 30.0 Å². The molecule has 0 spiro atoms. The number of rotatable bonds is 9. The second-order valence-corrected chi connectivity index (χ2v) is 6.84. The lowest BCUT2D eigenvalue weighted by atomic mass is 10.0. The minimum atomic E-state index is -0.368. The molecule has 2 N–H and O–H groups in total. The molecule has 3 aromatic rings. The number of aryl methyl sites for hydroxylation is 1. The number of aromatic nitrogens is 1. The monoisotopic (exact) mass is 378 g/mol. The number of esters is 1. The SMILES string of the molecule is CCCC(NC(=O)COC(=O)CCc1c[nH]c2ccccc12)c1ccccc1. The van der Waals surface area contributed by atoms with Crippen LogP contribution in [0.5, 0.6) is 0 Å². The Kier molecular flexibility index (Phi) is 6.84. The van der Waals surface area contributed by atoms with Gasteiger partial charge in [0.25, 0.3) is 5.91 Å². The molecule has 1 heterocycles. The molecule has 5 heteroatoms. The molecule has 0 bridgehead atoms. The summed E-state index contributed by atoms with van der Waals surface area (Å²) in [7, 11) is 0. The Balaban J connectivity index is 1.46. The van der Waals surface area contributed by atoms with E-state index >= 15 is 0 Å². The number of nitrogens with one attached hydrogen (secondary N) is 2. The van der Waals surface area contributed by atoms with Gasteiger partial charge in [-0.1, -0.05) is 61.9 Å². The first-order valence-corrected chi connectivity index (χ1v) is 9.72. The number of hydrogen-bond acceptors (Lipinski definition) is 3. The fourth-order valence-corrected chi connectivity index (χ4v) is 3.33. The molecule has 5 nitrogen and oxygen atoms in total. The number of benzene rings is 2. The number of aromatic amines is 1. The number of carbonyl (C=O) groups excluding carboxylic acids is 2. The summed E-state index contributed by atoms with van der Waals surface area (Å²) < 4.78 is 5.17. The van der Waals surface area contributed by atoms with Crippen LogP contribution in [0.4, 0.5) is 0 Å². The molecule has 0 saturated heterocycles. The summed E-state index contributed by atoms with van der Waals surface area (Å²) in [5.41, 5.74) is 3.18. The number of para-hydroxylation sites is 1. The summed E-state index contributed by atoms with van der Waals surface area (Å²) in [4.78, 5) is 27.5. The summed E-state index contributed by atoms with van der Waals surface area (Å²) in [5, 5.41) is 4.07. The van der Waals surface area contributed by atoms with Crippen molar-refractivity contribution in [3.8, 4) is 0 Å². The Morgan fingerprint density at radius 1 is 1.07 bits per heavy atom. The fourth-order valence-electron chi connectivity index (χ4n) is 3.33. The van der Waals surface area contributed by atoms with Gasteiger partial charge in [-0.15, -0.1) is 0 Å². The number of amides is 1. The average molecular weight is 378 g/mol. The predicted molar refractivity (Wildman–Crippen MR) is 110 cm³/mol. The van der Waals surface area contributed by atoms with Gasteiger partial charge in [0.1, 0.15) is 0 Å². The van der Waals surface area contributed by atoms with E-state index in [0.717, 1.165) is 34.9 Å². The van der Waals surface area contributed by atoms with Crippen molar-refractivity contribution < 1.29 is 14.3 Å². The van der Waals surface area contributed by atoms with Crippen LogP contribution < -0.4 is 5.32 Å². The molecule has 1 aromatic heterocycles. The van der Waals surface area contributed by atoms with Crippen molar-refractivity contribution >= 4 is 22.8 Å². The fraction of sp³-hybridized carbons (Fsp3) is 0.304. The van der Waals surface area contributed by atoms with Gasteiger partial charge in [0, 0.05) is 23.5 Å². The third kappa shape index (κ3) is 5.22. The van der Waals surface area contributed by atoms with Crippen LogP contribution in [0.2, 0.25) is 0 Å². The predicted octanol–water partition coefficient (Wildman–Crippen LogP) is 4.30. The molecule has 1 atom stereocenters. The highest BCUT2D eigenvalue weighted by Gasteiger charge is 2.15. The van der Waals surface area contributed by atoms with Crippen LogP contribution in [-0.4, -0.2) is 23.5 Å². The highest BCUT2D eigenvalue weighted by Crippen LogP contribution is 2.19. The Bertz CT molecular complexity index is 918. The Morgan fingerprint density at radius 2 is 1.82 bits per heavy atom. The second kappa shape index (κ2) is 9.74. The highest BCUT2D eigenvalue weighted by molar-refractivity contribution is 5.84. The van der Waals surface area contributed by atoms with Crippen LogP contribution in [0, 0.1) is 0 Å². The molecule has 146 valence electrons. The molecule has 0 radical (unpaired) electrons. The molecule has 0 aliphatic carbocycles.